The van der Waals surface area contributed by atoms with Gasteiger partial charge < -0.3 is 4.74 Å². The molecule has 2 unspecified atom stereocenters. The molecule has 10 atom stereocenters. The molecule has 0 amide bonds. The van der Waals surface area contributed by atoms with E-state index in [0.29, 0.717) is 28.3 Å². The second kappa shape index (κ2) is 6.63. The lowest BCUT2D eigenvalue weighted by Crippen LogP contribution is -2.57. The number of allylic oxidation sites excluding steroid dienone is 1. The SMILES string of the molecule is COC1C[C@H]2[C@@H]3CC[C@H]([C@H](C)/C=C/c4ncns4)[C@@]3(C)CC[C@@H]2[C@@]2(C)CC[C@@H]3CC132. The first-order valence-corrected chi connectivity index (χ1v) is 13.2. The molecule has 6 rings (SSSR count). The first kappa shape index (κ1) is 19.9. The highest BCUT2D eigenvalue weighted by molar-refractivity contribution is 7.06. The Morgan fingerprint density at radius 1 is 1.17 bits per heavy atom. The fourth-order valence-electron chi connectivity index (χ4n) is 10.1. The fraction of sp³-hybridized carbons (Fsp3) is 0.846. The summed E-state index contributed by atoms with van der Waals surface area (Å²) in [6.45, 7) is 7.79. The van der Waals surface area contributed by atoms with E-state index in [1.807, 2.05) is 7.11 Å². The van der Waals surface area contributed by atoms with Crippen LogP contribution in [0.5, 0.6) is 0 Å². The van der Waals surface area contributed by atoms with Crippen LogP contribution in [0.1, 0.15) is 77.1 Å². The van der Waals surface area contributed by atoms with Crippen LogP contribution in [0, 0.1) is 51.8 Å². The number of fused-ring (bicyclic) bond motifs is 4. The molecule has 5 aliphatic rings. The van der Waals surface area contributed by atoms with E-state index < -0.39 is 0 Å². The molecule has 0 radical (unpaired) electrons. The van der Waals surface area contributed by atoms with Crippen molar-refractivity contribution in [3.05, 3.63) is 17.4 Å². The first-order chi connectivity index (χ1) is 14.4. The van der Waals surface area contributed by atoms with Crippen LogP contribution in [0.15, 0.2) is 12.4 Å². The molecule has 0 aliphatic heterocycles. The number of aromatic nitrogens is 2. The Hall–Kier alpha value is -0.740. The van der Waals surface area contributed by atoms with Gasteiger partial charge in [-0.1, -0.05) is 26.8 Å². The highest BCUT2D eigenvalue weighted by atomic mass is 32.1. The van der Waals surface area contributed by atoms with Gasteiger partial charge in [-0.3, -0.25) is 0 Å². The maximum atomic E-state index is 6.28. The van der Waals surface area contributed by atoms with Crippen molar-refractivity contribution in [3.63, 3.8) is 0 Å². The van der Waals surface area contributed by atoms with E-state index in [9.17, 15) is 0 Å². The highest BCUT2D eigenvalue weighted by Gasteiger charge is 2.77. The molecular weight excluding hydrogens is 388 g/mol. The van der Waals surface area contributed by atoms with E-state index >= 15 is 0 Å². The van der Waals surface area contributed by atoms with E-state index in [1.54, 1.807) is 6.33 Å². The molecule has 5 saturated carbocycles. The lowest BCUT2D eigenvalue weighted by molar-refractivity contribution is -0.160. The van der Waals surface area contributed by atoms with Crippen molar-refractivity contribution < 1.29 is 4.74 Å². The van der Waals surface area contributed by atoms with Crippen LogP contribution in [0.3, 0.4) is 0 Å². The molecular formula is C26H38N2OS. The van der Waals surface area contributed by atoms with Crippen molar-refractivity contribution >= 4 is 17.6 Å². The van der Waals surface area contributed by atoms with Crippen LogP contribution < -0.4 is 0 Å². The molecule has 1 aromatic rings. The average molecular weight is 427 g/mol. The summed E-state index contributed by atoms with van der Waals surface area (Å²) in [7, 11) is 2.01. The van der Waals surface area contributed by atoms with Crippen LogP contribution in [0.25, 0.3) is 6.08 Å². The molecule has 5 fully saturated rings. The van der Waals surface area contributed by atoms with E-state index in [0.717, 1.165) is 34.6 Å². The molecule has 5 aliphatic carbocycles. The summed E-state index contributed by atoms with van der Waals surface area (Å²) >= 11 is 1.50. The summed E-state index contributed by atoms with van der Waals surface area (Å²) in [5.74, 6) is 5.11. The van der Waals surface area contributed by atoms with Gasteiger partial charge in [-0.2, -0.15) is 4.37 Å². The molecule has 30 heavy (non-hydrogen) atoms. The van der Waals surface area contributed by atoms with E-state index in [-0.39, 0.29) is 0 Å². The Labute approximate surface area is 186 Å². The summed E-state index contributed by atoms with van der Waals surface area (Å²) in [6, 6.07) is 0. The molecule has 1 spiro atoms. The van der Waals surface area contributed by atoms with Crippen molar-refractivity contribution in [2.75, 3.05) is 7.11 Å². The molecule has 0 bridgehead atoms. The minimum atomic E-state index is 0.493. The van der Waals surface area contributed by atoms with Gasteiger partial charge in [0.15, 0.2) is 0 Å². The van der Waals surface area contributed by atoms with Gasteiger partial charge in [0.1, 0.15) is 11.3 Å². The zero-order chi connectivity index (χ0) is 20.7. The van der Waals surface area contributed by atoms with Crippen molar-refractivity contribution in [1.29, 1.82) is 0 Å². The van der Waals surface area contributed by atoms with E-state index in [1.165, 1.54) is 62.9 Å². The summed E-state index contributed by atoms with van der Waals surface area (Å²) < 4.78 is 10.4. The van der Waals surface area contributed by atoms with Crippen LogP contribution in [-0.4, -0.2) is 22.6 Å². The number of rotatable bonds is 4. The molecule has 0 N–H and O–H groups in total. The molecule has 1 aromatic heterocycles. The lowest BCUT2D eigenvalue weighted by atomic mass is 9.45. The molecule has 1 heterocycles. The Morgan fingerprint density at radius 2 is 2.03 bits per heavy atom. The first-order valence-electron chi connectivity index (χ1n) is 12.4. The minimum absolute atomic E-state index is 0.493. The van der Waals surface area contributed by atoms with Gasteiger partial charge in [-0.15, -0.1) is 0 Å². The quantitative estimate of drug-likeness (QED) is 0.553. The van der Waals surface area contributed by atoms with Gasteiger partial charge in [-0.05, 0) is 115 Å². The van der Waals surface area contributed by atoms with Crippen molar-refractivity contribution in [3.8, 4) is 0 Å². The van der Waals surface area contributed by atoms with Crippen LogP contribution in [0.2, 0.25) is 0 Å². The number of ether oxygens (including phenoxy) is 1. The molecule has 0 aromatic carbocycles. The predicted octanol–water partition coefficient (Wildman–Crippen LogP) is 6.47. The summed E-state index contributed by atoms with van der Waals surface area (Å²) in [4.78, 5) is 4.34. The predicted molar refractivity (Wildman–Crippen MR) is 122 cm³/mol. The van der Waals surface area contributed by atoms with Gasteiger partial charge in [0, 0.05) is 12.5 Å². The average Bonchev–Trinajstić information content (AvgIpc) is 3.05. The molecule has 4 heteroatoms. The number of methoxy groups -OCH3 is 1. The van der Waals surface area contributed by atoms with Crippen LogP contribution in [-0.2, 0) is 4.74 Å². The second-order valence-electron chi connectivity index (χ2n) is 12.0. The summed E-state index contributed by atoms with van der Waals surface area (Å²) in [5, 5.41) is 1.04. The third kappa shape index (κ3) is 2.41. The molecule has 3 nitrogen and oxygen atoms in total. The Bertz CT molecular complexity index is 838. The smallest absolute Gasteiger partial charge is 0.136 e. The second-order valence-corrected chi connectivity index (χ2v) is 12.8. The van der Waals surface area contributed by atoms with Gasteiger partial charge in [0.25, 0.3) is 0 Å². The number of hydrogen-bond acceptors (Lipinski definition) is 4. The van der Waals surface area contributed by atoms with Crippen LogP contribution >= 0.6 is 11.5 Å². The maximum absolute atomic E-state index is 6.28. The van der Waals surface area contributed by atoms with Gasteiger partial charge in [0.2, 0.25) is 0 Å². The summed E-state index contributed by atoms with van der Waals surface area (Å²) in [6.07, 6.45) is 18.3. The van der Waals surface area contributed by atoms with Crippen LogP contribution in [0.4, 0.5) is 0 Å². The lowest BCUT2D eigenvalue weighted by Gasteiger charge is -2.61. The minimum Gasteiger partial charge on any atom is -0.381 e. The third-order valence-corrected chi connectivity index (χ3v) is 12.1. The fourth-order valence-corrected chi connectivity index (χ4v) is 10.5. The Balaban J connectivity index is 1.27. The molecule has 0 saturated heterocycles. The van der Waals surface area contributed by atoms with E-state index in [2.05, 4.69) is 42.3 Å². The summed E-state index contributed by atoms with van der Waals surface area (Å²) in [5.41, 5.74) is 1.59. The zero-order valence-electron chi connectivity index (χ0n) is 19.1. The third-order valence-electron chi connectivity index (χ3n) is 11.5. The van der Waals surface area contributed by atoms with Crippen molar-refractivity contribution in [2.45, 2.75) is 78.2 Å². The van der Waals surface area contributed by atoms with Crippen molar-refractivity contribution in [2.24, 2.45) is 51.8 Å². The monoisotopic (exact) mass is 426 g/mol. The molecule has 164 valence electrons. The standard InChI is InChI=1S/C26H38N2OS/c1-16(5-8-23-27-15-28-30-23)19-6-7-20-18-13-22(29-4)26-14-17(26)9-12-25(26,3)21(18)10-11-24(19,20)2/h5,8,15-22H,6-7,9-14H2,1-4H3/b8-5+/t16-,17-,18+,19-,20+,21+,22?,24-,25-,26?/m1/s1. The Kier molecular flexibility index (Phi) is 4.40. The van der Waals surface area contributed by atoms with Gasteiger partial charge in [-0.25, -0.2) is 4.98 Å². The largest absolute Gasteiger partial charge is 0.381 e. The highest BCUT2D eigenvalue weighted by Crippen LogP contribution is 2.82. The zero-order valence-corrected chi connectivity index (χ0v) is 20.0. The Morgan fingerprint density at radius 3 is 2.77 bits per heavy atom. The van der Waals surface area contributed by atoms with Crippen molar-refractivity contribution in [1.82, 2.24) is 9.36 Å². The van der Waals surface area contributed by atoms with Gasteiger partial charge in [0.05, 0.1) is 6.10 Å². The number of hydrogen-bond donors (Lipinski definition) is 0. The number of nitrogens with zero attached hydrogens (tertiary/aromatic N) is 2. The topological polar surface area (TPSA) is 35.0 Å². The van der Waals surface area contributed by atoms with E-state index in [4.69, 9.17) is 4.74 Å². The maximum Gasteiger partial charge on any atom is 0.136 e. The van der Waals surface area contributed by atoms with Gasteiger partial charge >= 0.3 is 0 Å². The normalized spacial score (nSPS) is 52.5.